The molecule has 0 radical (unpaired) electrons. The summed E-state index contributed by atoms with van der Waals surface area (Å²) < 4.78 is 18.8. The van der Waals surface area contributed by atoms with Crippen molar-refractivity contribution in [2.24, 2.45) is 0 Å². The third-order valence-corrected chi connectivity index (χ3v) is 5.43. The van der Waals surface area contributed by atoms with Crippen molar-refractivity contribution >= 4 is 11.8 Å². The zero-order chi connectivity index (χ0) is 21.3. The van der Waals surface area contributed by atoms with Crippen LogP contribution in [0.15, 0.2) is 54.6 Å². The number of carbonyl (C=O) groups is 2. The fourth-order valence-corrected chi connectivity index (χ4v) is 3.58. The van der Waals surface area contributed by atoms with Gasteiger partial charge in [-0.05, 0) is 49.4 Å². The Hall–Kier alpha value is -2.73. The summed E-state index contributed by atoms with van der Waals surface area (Å²) in [6.07, 6.45) is 2.88. The van der Waals surface area contributed by atoms with Crippen molar-refractivity contribution in [2.45, 2.75) is 51.3 Å². The molecule has 160 valence electrons. The first-order valence-electron chi connectivity index (χ1n) is 10.5. The number of nitrogens with zero attached hydrogens (tertiary/aromatic N) is 1. The van der Waals surface area contributed by atoms with Gasteiger partial charge < -0.3 is 15.0 Å². The highest BCUT2D eigenvalue weighted by molar-refractivity contribution is 5.87. The van der Waals surface area contributed by atoms with Gasteiger partial charge in [-0.15, -0.1) is 0 Å². The molecule has 0 saturated carbocycles. The summed E-state index contributed by atoms with van der Waals surface area (Å²) in [5.41, 5.74) is 1.85. The number of carbonyl (C=O) groups excluding carboxylic acids is 2. The molecule has 0 unspecified atom stereocenters. The number of amides is 2. The quantitative estimate of drug-likeness (QED) is 0.686. The first-order chi connectivity index (χ1) is 14.5. The van der Waals surface area contributed by atoms with Gasteiger partial charge in [0.1, 0.15) is 11.9 Å². The molecule has 0 aliphatic carbocycles. The topological polar surface area (TPSA) is 58.6 Å². The third-order valence-electron chi connectivity index (χ3n) is 5.43. The molecule has 1 N–H and O–H groups in total. The molecule has 2 aromatic carbocycles. The van der Waals surface area contributed by atoms with Crippen LogP contribution < -0.4 is 5.32 Å². The van der Waals surface area contributed by atoms with Gasteiger partial charge in [-0.1, -0.05) is 42.5 Å². The van der Waals surface area contributed by atoms with Gasteiger partial charge in [0.15, 0.2) is 0 Å². The summed E-state index contributed by atoms with van der Waals surface area (Å²) in [6.45, 7) is 3.16. The molecule has 5 nitrogen and oxygen atoms in total. The maximum absolute atomic E-state index is 13.3. The highest BCUT2D eigenvalue weighted by Gasteiger charge is 2.27. The molecule has 6 heteroatoms. The normalized spacial score (nSPS) is 16.8. The van der Waals surface area contributed by atoms with Gasteiger partial charge in [0.25, 0.3) is 0 Å². The number of hydrogen-bond donors (Lipinski definition) is 1. The minimum Gasteiger partial charge on any atom is -0.376 e. The summed E-state index contributed by atoms with van der Waals surface area (Å²) in [5, 5.41) is 2.91. The predicted octanol–water partition coefficient (Wildman–Crippen LogP) is 3.47. The molecule has 0 bridgehead atoms. The van der Waals surface area contributed by atoms with Crippen LogP contribution >= 0.6 is 0 Å². The van der Waals surface area contributed by atoms with Crippen molar-refractivity contribution < 1.29 is 18.7 Å². The second-order valence-electron chi connectivity index (χ2n) is 7.69. The van der Waals surface area contributed by atoms with Gasteiger partial charge in [-0.2, -0.15) is 0 Å². The van der Waals surface area contributed by atoms with Gasteiger partial charge in [-0.25, -0.2) is 4.39 Å². The maximum Gasteiger partial charge on any atom is 0.242 e. The minimum absolute atomic E-state index is 0.0421. The summed E-state index contributed by atoms with van der Waals surface area (Å²) >= 11 is 0. The molecule has 1 saturated heterocycles. The van der Waals surface area contributed by atoms with Gasteiger partial charge >= 0.3 is 0 Å². The van der Waals surface area contributed by atoms with Crippen LogP contribution in [0.25, 0.3) is 0 Å². The van der Waals surface area contributed by atoms with Crippen LogP contribution in [0.1, 0.15) is 37.3 Å². The van der Waals surface area contributed by atoms with E-state index in [1.54, 1.807) is 24.0 Å². The molecule has 3 rings (SSSR count). The van der Waals surface area contributed by atoms with E-state index in [0.717, 1.165) is 30.6 Å². The zero-order valence-electron chi connectivity index (χ0n) is 17.4. The fraction of sp³-hybridized carbons (Fsp3) is 0.417. The van der Waals surface area contributed by atoms with E-state index in [4.69, 9.17) is 4.74 Å². The smallest absolute Gasteiger partial charge is 0.242 e. The zero-order valence-corrected chi connectivity index (χ0v) is 17.4. The summed E-state index contributed by atoms with van der Waals surface area (Å²) in [4.78, 5) is 27.4. The molecule has 2 amide bonds. The Morgan fingerprint density at radius 3 is 2.53 bits per heavy atom. The SMILES string of the molecule is C[C@@H](C(=O)NC[C@@H]1CCCO1)N(Cc1ccc(F)cc1)C(=O)CCc1ccccc1. The number of ether oxygens (including phenoxy) is 1. The highest BCUT2D eigenvalue weighted by atomic mass is 19.1. The lowest BCUT2D eigenvalue weighted by Gasteiger charge is -2.29. The second-order valence-corrected chi connectivity index (χ2v) is 7.69. The second kappa shape index (κ2) is 10.9. The van der Waals surface area contributed by atoms with E-state index in [1.807, 2.05) is 30.3 Å². The Labute approximate surface area is 177 Å². The van der Waals surface area contributed by atoms with Gasteiger partial charge in [-0.3, -0.25) is 9.59 Å². The minimum atomic E-state index is -0.639. The van der Waals surface area contributed by atoms with Crippen molar-refractivity contribution in [1.29, 1.82) is 0 Å². The molecule has 0 aromatic heterocycles. The number of nitrogens with one attached hydrogen (secondary N) is 1. The summed E-state index contributed by atoms with van der Waals surface area (Å²) in [5.74, 6) is -0.647. The fourth-order valence-electron chi connectivity index (χ4n) is 3.58. The Morgan fingerprint density at radius 1 is 1.13 bits per heavy atom. The van der Waals surface area contributed by atoms with Crippen LogP contribution in [0.4, 0.5) is 4.39 Å². The van der Waals surface area contributed by atoms with E-state index in [-0.39, 0.29) is 30.3 Å². The maximum atomic E-state index is 13.3. The average molecular weight is 413 g/mol. The monoisotopic (exact) mass is 412 g/mol. The number of hydrogen-bond acceptors (Lipinski definition) is 3. The third kappa shape index (κ3) is 6.39. The van der Waals surface area contributed by atoms with Crippen molar-refractivity contribution in [2.75, 3.05) is 13.2 Å². The Balaban J connectivity index is 1.65. The van der Waals surface area contributed by atoms with Gasteiger partial charge in [0, 0.05) is 26.1 Å². The molecule has 2 aromatic rings. The molecule has 1 heterocycles. The Kier molecular flexibility index (Phi) is 7.97. The van der Waals surface area contributed by atoms with Crippen LogP contribution in [0.5, 0.6) is 0 Å². The molecular formula is C24H29FN2O3. The van der Waals surface area contributed by atoms with Gasteiger partial charge in [0.2, 0.25) is 11.8 Å². The van der Waals surface area contributed by atoms with Crippen molar-refractivity contribution in [3.63, 3.8) is 0 Å². The van der Waals surface area contributed by atoms with Crippen LogP contribution in [-0.2, 0) is 27.3 Å². The number of halogens is 1. The molecule has 30 heavy (non-hydrogen) atoms. The van der Waals surface area contributed by atoms with E-state index in [0.29, 0.717) is 19.4 Å². The molecule has 2 atom stereocenters. The lowest BCUT2D eigenvalue weighted by Crippen LogP contribution is -2.49. The van der Waals surface area contributed by atoms with Crippen LogP contribution in [0.3, 0.4) is 0 Å². The predicted molar refractivity (Wildman–Crippen MR) is 113 cm³/mol. The Morgan fingerprint density at radius 2 is 1.87 bits per heavy atom. The van der Waals surface area contributed by atoms with Crippen LogP contribution in [-0.4, -0.2) is 42.0 Å². The van der Waals surface area contributed by atoms with Crippen LogP contribution in [0.2, 0.25) is 0 Å². The molecule has 1 aliphatic rings. The van der Waals surface area contributed by atoms with Gasteiger partial charge in [0.05, 0.1) is 6.10 Å². The van der Waals surface area contributed by atoms with Crippen molar-refractivity contribution in [3.05, 3.63) is 71.5 Å². The average Bonchev–Trinajstić information content (AvgIpc) is 3.29. The first kappa shape index (κ1) is 22.0. The summed E-state index contributed by atoms with van der Waals surface area (Å²) in [7, 11) is 0. The molecule has 0 spiro atoms. The molecular weight excluding hydrogens is 383 g/mol. The van der Waals surface area contributed by atoms with E-state index >= 15 is 0 Å². The standard InChI is InChI=1S/C24H29FN2O3/c1-18(24(29)26-16-22-8-5-15-30-22)27(17-20-9-12-21(25)13-10-20)23(28)14-11-19-6-3-2-4-7-19/h2-4,6-7,9-10,12-13,18,22H,5,8,11,14-17H2,1H3,(H,26,29)/t18-,22-/m0/s1. The van der Waals surface area contributed by atoms with Crippen molar-refractivity contribution in [3.8, 4) is 0 Å². The largest absolute Gasteiger partial charge is 0.376 e. The highest BCUT2D eigenvalue weighted by Crippen LogP contribution is 2.15. The van der Waals surface area contributed by atoms with Crippen LogP contribution in [0, 0.1) is 5.82 Å². The van der Waals surface area contributed by atoms with E-state index in [1.165, 1.54) is 12.1 Å². The number of aryl methyl sites for hydroxylation is 1. The number of benzene rings is 2. The first-order valence-corrected chi connectivity index (χ1v) is 10.5. The van der Waals surface area contributed by atoms with E-state index in [2.05, 4.69) is 5.32 Å². The lowest BCUT2D eigenvalue weighted by molar-refractivity contribution is -0.140. The number of rotatable bonds is 9. The van der Waals surface area contributed by atoms with E-state index < -0.39 is 6.04 Å². The lowest BCUT2D eigenvalue weighted by atomic mass is 10.1. The summed E-state index contributed by atoms with van der Waals surface area (Å²) in [6, 6.07) is 15.2. The van der Waals surface area contributed by atoms with E-state index in [9.17, 15) is 14.0 Å². The Bertz CT molecular complexity index is 820. The molecule has 1 aliphatic heterocycles. The molecule has 1 fully saturated rings. The van der Waals surface area contributed by atoms with Crippen molar-refractivity contribution in [1.82, 2.24) is 10.2 Å².